The van der Waals surface area contributed by atoms with Gasteiger partial charge < -0.3 is 15.2 Å². The lowest BCUT2D eigenvalue weighted by molar-refractivity contribution is 0.0377. The molecule has 4 heteroatoms. The first-order valence-corrected chi connectivity index (χ1v) is 6.83. The minimum Gasteiger partial charge on any atom is -0.489 e. The molecule has 0 aromatic heterocycles. The second kappa shape index (κ2) is 6.79. The average Bonchev–Trinajstić information content (AvgIpc) is 2.45. The highest BCUT2D eigenvalue weighted by molar-refractivity contribution is 5.89. The highest BCUT2D eigenvalue weighted by Crippen LogP contribution is 2.17. The lowest BCUT2D eigenvalue weighted by atomic mass is 10.1. The monoisotopic (exact) mass is 285 g/mol. The van der Waals surface area contributed by atoms with Gasteiger partial charge in [-0.3, -0.25) is 0 Å². The summed E-state index contributed by atoms with van der Waals surface area (Å²) < 4.78 is 10.8. The van der Waals surface area contributed by atoms with E-state index in [0.717, 1.165) is 5.56 Å². The van der Waals surface area contributed by atoms with Crippen LogP contribution in [0.25, 0.3) is 0 Å². The number of nitrogen functional groups attached to an aromatic ring is 1. The van der Waals surface area contributed by atoms with Crippen LogP contribution in [0.1, 0.15) is 29.8 Å². The Balaban J connectivity index is 2.02. The second-order valence-electron chi connectivity index (χ2n) is 5.02. The molecule has 21 heavy (non-hydrogen) atoms. The molecule has 0 spiro atoms. The predicted molar refractivity (Wildman–Crippen MR) is 82.2 cm³/mol. The molecule has 0 saturated carbocycles. The van der Waals surface area contributed by atoms with Gasteiger partial charge in [0.25, 0.3) is 0 Å². The number of anilines is 1. The van der Waals surface area contributed by atoms with Gasteiger partial charge in [0, 0.05) is 11.8 Å². The van der Waals surface area contributed by atoms with E-state index in [1.54, 1.807) is 24.3 Å². The fraction of sp³-hybridized carbons (Fsp3) is 0.235. The van der Waals surface area contributed by atoms with E-state index in [1.165, 1.54) is 0 Å². The van der Waals surface area contributed by atoms with Crippen LogP contribution in [0.15, 0.2) is 48.5 Å². The van der Waals surface area contributed by atoms with E-state index < -0.39 is 0 Å². The molecule has 0 amide bonds. The molecule has 0 saturated heterocycles. The highest BCUT2D eigenvalue weighted by Gasteiger charge is 2.09. The van der Waals surface area contributed by atoms with Gasteiger partial charge in [0.15, 0.2) is 0 Å². The molecular weight excluding hydrogens is 266 g/mol. The van der Waals surface area contributed by atoms with Crippen molar-refractivity contribution in [2.75, 3.05) is 5.73 Å². The van der Waals surface area contributed by atoms with E-state index in [9.17, 15) is 4.79 Å². The Hall–Kier alpha value is -2.49. The maximum absolute atomic E-state index is 11.8. The Morgan fingerprint density at radius 2 is 1.90 bits per heavy atom. The van der Waals surface area contributed by atoms with E-state index in [0.29, 0.717) is 23.6 Å². The highest BCUT2D eigenvalue weighted by atomic mass is 16.5. The third kappa shape index (κ3) is 4.53. The van der Waals surface area contributed by atoms with E-state index >= 15 is 0 Å². The lowest BCUT2D eigenvalue weighted by Crippen LogP contribution is -2.12. The Kier molecular flexibility index (Phi) is 4.82. The molecule has 0 atom stereocenters. The van der Waals surface area contributed by atoms with E-state index in [1.807, 2.05) is 38.1 Å². The molecule has 0 radical (unpaired) electrons. The van der Waals surface area contributed by atoms with Crippen LogP contribution >= 0.6 is 0 Å². The molecule has 0 heterocycles. The summed E-state index contributed by atoms with van der Waals surface area (Å²) in [6, 6.07) is 14.5. The Labute approximate surface area is 124 Å². The maximum atomic E-state index is 11.8. The number of ether oxygens (including phenoxy) is 2. The zero-order chi connectivity index (χ0) is 15.2. The lowest BCUT2D eigenvalue weighted by Gasteiger charge is -2.10. The summed E-state index contributed by atoms with van der Waals surface area (Å²) in [6.45, 7) is 4.02. The third-order valence-corrected chi connectivity index (χ3v) is 2.77. The zero-order valence-electron chi connectivity index (χ0n) is 12.2. The molecule has 4 nitrogen and oxygen atoms in total. The molecule has 0 aliphatic rings. The van der Waals surface area contributed by atoms with Gasteiger partial charge in [0.05, 0.1) is 11.7 Å². The summed E-state index contributed by atoms with van der Waals surface area (Å²) in [5.74, 6) is 0.376. The van der Waals surface area contributed by atoms with E-state index in [4.69, 9.17) is 15.2 Å². The normalized spacial score (nSPS) is 10.4. The predicted octanol–water partition coefficient (Wildman–Crippen LogP) is 3.41. The van der Waals surface area contributed by atoms with Gasteiger partial charge in [-0.25, -0.2) is 4.79 Å². The van der Waals surface area contributed by atoms with Crippen molar-refractivity contribution in [2.45, 2.75) is 26.6 Å². The molecule has 2 aromatic carbocycles. The van der Waals surface area contributed by atoms with Gasteiger partial charge in [-0.2, -0.15) is 0 Å². The summed E-state index contributed by atoms with van der Waals surface area (Å²) in [5, 5.41) is 0. The van der Waals surface area contributed by atoms with E-state index in [-0.39, 0.29) is 12.1 Å². The van der Waals surface area contributed by atoms with Gasteiger partial charge in [-0.05, 0) is 43.7 Å². The van der Waals surface area contributed by atoms with Crippen molar-refractivity contribution in [3.63, 3.8) is 0 Å². The molecule has 0 aliphatic carbocycles. The average molecular weight is 285 g/mol. The van der Waals surface area contributed by atoms with Crippen LogP contribution in [0, 0.1) is 0 Å². The standard InChI is InChI=1S/C17H19NO3/c1-12(2)21-17(19)14-6-3-5-13(9-14)11-20-16-8-4-7-15(18)10-16/h3-10,12H,11,18H2,1-2H3. The fourth-order valence-electron chi connectivity index (χ4n) is 1.84. The van der Waals surface area contributed by atoms with Crippen molar-refractivity contribution < 1.29 is 14.3 Å². The summed E-state index contributed by atoms with van der Waals surface area (Å²) in [5.41, 5.74) is 7.78. The number of nitrogens with two attached hydrogens (primary N) is 1. The molecule has 0 unspecified atom stereocenters. The van der Waals surface area contributed by atoms with Gasteiger partial charge in [0.2, 0.25) is 0 Å². The topological polar surface area (TPSA) is 61.5 Å². The first-order valence-electron chi connectivity index (χ1n) is 6.83. The molecule has 110 valence electrons. The van der Waals surface area contributed by atoms with Crippen molar-refractivity contribution in [3.05, 3.63) is 59.7 Å². The smallest absolute Gasteiger partial charge is 0.338 e. The van der Waals surface area contributed by atoms with Crippen molar-refractivity contribution in [3.8, 4) is 5.75 Å². The van der Waals surface area contributed by atoms with Gasteiger partial charge in [-0.15, -0.1) is 0 Å². The Morgan fingerprint density at radius 1 is 1.14 bits per heavy atom. The van der Waals surface area contributed by atoms with Crippen molar-refractivity contribution >= 4 is 11.7 Å². The molecule has 2 aromatic rings. The molecule has 2 N–H and O–H groups in total. The number of esters is 1. The van der Waals surface area contributed by atoms with Crippen LogP contribution < -0.4 is 10.5 Å². The molecular formula is C17H19NO3. The number of hydrogen-bond acceptors (Lipinski definition) is 4. The first-order chi connectivity index (χ1) is 10.0. The maximum Gasteiger partial charge on any atom is 0.338 e. The van der Waals surface area contributed by atoms with Gasteiger partial charge in [-0.1, -0.05) is 18.2 Å². The van der Waals surface area contributed by atoms with Crippen LogP contribution in [0.4, 0.5) is 5.69 Å². The van der Waals surface area contributed by atoms with Crippen molar-refractivity contribution in [2.24, 2.45) is 0 Å². The third-order valence-electron chi connectivity index (χ3n) is 2.77. The van der Waals surface area contributed by atoms with Gasteiger partial charge >= 0.3 is 5.97 Å². The molecule has 0 aliphatic heterocycles. The van der Waals surface area contributed by atoms with Crippen LogP contribution in [0.2, 0.25) is 0 Å². The van der Waals surface area contributed by atoms with Crippen molar-refractivity contribution in [1.29, 1.82) is 0 Å². The quantitative estimate of drug-likeness (QED) is 0.675. The fourth-order valence-corrected chi connectivity index (χ4v) is 1.84. The summed E-state index contributed by atoms with van der Waals surface area (Å²) in [7, 11) is 0. The minimum atomic E-state index is -0.323. The zero-order valence-corrected chi connectivity index (χ0v) is 12.2. The Morgan fingerprint density at radius 3 is 2.62 bits per heavy atom. The van der Waals surface area contributed by atoms with Gasteiger partial charge in [0.1, 0.15) is 12.4 Å². The molecule has 0 fully saturated rings. The SMILES string of the molecule is CC(C)OC(=O)c1cccc(COc2cccc(N)c2)c1. The molecule has 0 bridgehead atoms. The van der Waals surface area contributed by atoms with Crippen LogP contribution in [0.5, 0.6) is 5.75 Å². The van der Waals surface area contributed by atoms with Crippen LogP contribution in [0.3, 0.4) is 0 Å². The number of carbonyl (C=O) groups excluding carboxylic acids is 1. The van der Waals surface area contributed by atoms with Crippen LogP contribution in [-0.2, 0) is 11.3 Å². The minimum absolute atomic E-state index is 0.135. The Bertz CT molecular complexity index is 623. The van der Waals surface area contributed by atoms with Crippen molar-refractivity contribution in [1.82, 2.24) is 0 Å². The number of hydrogen-bond donors (Lipinski definition) is 1. The summed E-state index contributed by atoms with van der Waals surface area (Å²) in [6.07, 6.45) is -0.135. The second-order valence-corrected chi connectivity index (χ2v) is 5.02. The summed E-state index contributed by atoms with van der Waals surface area (Å²) >= 11 is 0. The summed E-state index contributed by atoms with van der Waals surface area (Å²) in [4.78, 5) is 11.8. The number of benzene rings is 2. The van der Waals surface area contributed by atoms with E-state index in [2.05, 4.69) is 0 Å². The molecule has 2 rings (SSSR count). The van der Waals surface area contributed by atoms with Crippen LogP contribution in [-0.4, -0.2) is 12.1 Å². The number of carbonyl (C=O) groups is 1. The largest absolute Gasteiger partial charge is 0.489 e. The number of rotatable bonds is 5. The first kappa shape index (κ1) is 14.9.